The molecule has 0 bridgehead atoms. The molecule has 10 fully saturated rings. The van der Waals surface area contributed by atoms with Gasteiger partial charge in [-0.15, -0.1) is 6.42 Å². The summed E-state index contributed by atoms with van der Waals surface area (Å²) in [5.74, 6) is -1.30. The van der Waals surface area contributed by atoms with Gasteiger partial charge in [-0.3, -0.25) is 24.0 Å². The van der Waals surface area contributed by atoms with E-state index < -0.39 is 390 Å². The Morgan fingerprint density at radius 3 is 0.580 bits per heavy atom. The third-order valence-electron chi connectivity index (χ3n) is 22.8. The van der Waals surface area contributed by atoms with Gasteiger partial charge in [0.15, 0.2) is 62.9 Å². The monoisotopic (exact) mass is 2020 g/mol. The molecule has 50 atom stereocenters. The second kappa shape index (κ2) is 57.3. The predicted octanol–water partition coefficient (Wildman–Crippen LogP) is -19.8. The SMILES string of the molecule is C#CCC(=O)OCC1O[C@H](O[C@H]2OC(CO)[C@@H](O)C(O)[C@H]2O)C(O)[C@@H](O)[C@@H]1O.CCC(=O)OCC1O[C@H](O[C@H]2OC(CC)[C@@H](O)C(O)[C@H]2O)C(O)[C@@H](O)[C@@H]1O.CCC(=O)OCC1O[C@H](O[C@H]2OC(CO)[C@@H](O)C(O)[C@H]2O)C(O)[C@@H](O)[C@@H]1O.CCC(=O)OCC1O[C@H](O[C@H]2OC(CO)[C@@H](O)C(O)[C@H]2O)C(O)[C@@H](O)[C@@H]1O.CCC1O[C@H](O[C@H]2OC(COC(=O)CN=[N+]=[N-])[C@@H](O)[C@H](O)C2O)[C@H](O)C(O)[C@@H]1O. The third kappa shape index (κ3) is 31.7. The largest absolute Gasteiger partial charge is 0.463 e. The van der Waals surface area contributed by atoms with Gasteiger partial charge in [0.1, 0.15) is 278 Å². The summed E-state index contributed by atoms with van der Waals surface area (Å²) >= 11 is 0. The van der Waals surface area contributed by atoms with Gasteiger partial charge in [-0.05, 0) is 18.4 Å². The number of rotatable bonds is 31. The van der Waals surface area contributed by atoms with Crippen LogP contribution >= 0.6 is 0 Å². The van der Waals surface area contributed by atoms with Crippen molar-refractivity contribution in [2.45, 2.75) is 380 Å². The minimum atomic E-state index is -1.79. The number of terminal acetylenes is 1. The summed E-state index contributed by atoms with van der Waals surface area (Å²) < 4.78 is 103. The Labute approximate surface area is 782 Å². The van der Waals surface area contributed by atoms with E-state index in [1.807, 2.05) is 0 Å². The van der Waals surface area contributed by atoms with Gasteiger partial charge in [-0.1, -0.05) is 45.7 Å². The van der Waals surface area contributed by atoms with E-state index >= 15 is 0 Å². The van der Waals surface area contributed by atoms with Crippen LogP contribution in [0.25, 0.3) is 10.4 Å². The molecule has 138 heavy (non-hydrogen) atoms. The zero-order chi connectivity index (χ0) is 104. The molecule has 20 unspecified atom stereocenters. The second-order valence-corrected chi connectivity index (χ2v) is 32.4. The lowest BCUT2D eigenvalue weighted by Crippen LogP contribution is -2.63. The minimum Gasteiger partial charge on any atom is -0.463 e. The van der Waals surface area contributed by atoms with E-state index in [1.165, 1.54) is 0 Å². The molecule has 33 N–H and O–H groups in total. The van der Waals surface area contributed by atoms with Gasteiger partial charge in [-0.2, -0.15) is 0 Å². The van der Waals surface area contributed by atoms with Crippen molar-refractivity contribution in [2.75, 3.05) is 59.4 Å². The number of carbonyl (C=O) groups excluding carboxylic acids is 5. The van der Waals surface area contributed by atoms with E-state index in [4.69, 9.17) is 117 Å². The summed E-state index contributed by atoms with van der Waals surface area (Å²) in [6.45, 7) is 3.10. The van der Waals surface area contributed by atoms with Crippen molar-refractivity contribution < 1.29 is 287 Å². The third-order valence-corrected chi connectivity index (χ3v) is 22.8. The minimum absolute atomic E-state index is 0.0821. The highest BCUT2D eigenvalue weighted by molar-refractivity contribution is 5.72. The molecule has 0 aromatic rings. The molecule has 10 aliphatic rings. The standard InChI is InChI=1S/C16H24O12.C16H28O11.C15H25N3O11.2C15H26O12/c1-2-3-8(18)25-5-7-10(20)12(22)14(24)16(27-7)28-15-13(23)11(21)9(19)6(4-17)26-15;1-3-6-9(18)11(20)13(22)15(25-6)27-16-14(23)12(21)10(19)7(26-16)5-24-8(17)4-2;1-2-5-8(20)10(22)12(24)14(27-5)29-15-13(25)11(23)9(21)6(28-15)4-26-7(19)3-17-18-16;2*1-2-7(17)24-4-6-9(19)11(21)13(23)15(26-6)27-14-12(22)10(20)8(18)5(3-16)25-14/h1,6-7,9-17,19-24H,3-5H2;6-7,9-16,18-23H,3-5H2,1-2H3;5-6,8-15,20-25H,2-4H2,1H3;2*5-6,8-16,18-23H,2-4H2,1H3/t2*6?,7?,9-,10-,11?,12+,13-,14?,15-,16-;3*5?,6?,8-,9-,10?,11+,12-,13?,14-,15-/m11111/s1. The number of aliphatic hydroxyl groups is 33. The van der Waals surface area contributed by atoms with Crippen molar-refractivity contribution in [3.63, 3.8) is 0 Å². The van der Waals surface area contributed by atoms with E-state index in [1.54, 1.807) is 34.6 Å². The average Bonchev–Trinajstić information content (AvgIpc) is 0.802. The quantitative estimate of drug-likeness (QED) is 0.00765. The van der Waals surface area contributed by atoms with Crippen molar-refractivity contribution in [3.05, 3.63) is 10.4 Å². The van der Waals surface area contributed by atoms with Gasteiger partial charge in [-0.25, -0.2) is 0 Å². The fourth-order valence-electron chi connectivity index (χ4n) is 14.2. The Bertz CT molecular complexity index is 3490. The topological polar surface area (TPSA) is 986 Å². The first-order chi connectivity index (χ1) is 65.0. The lowest BCUT2D eigenvalue weighted by Gasteiger charge is -2.44. The van der Waals surface area contributed by atoms with E-state index in [0.29, 0.717) is 6.42 Å². The first-order valence-corrected chi connectivity index (χ1v) is 43.3. The summed E-state index contributed by atoms with van der Waals surface area (Å²) in [7, 11) is 0. The van der Waals surface area contributed by atoms with Gasteiger partial charge in [0.2, 0.25) is 0 Å². The fourth-order valence-corrected chi connectivity index (χ4v) is 14.2. The molecule has 0 spiro atoms. The van der Waals surface area contributed by atoms with Crippen LogP contribution in [-0.4, -0.2) is 565 Å². The Kier molecular flexibility index (Phi) is 50.2. The van der Waals surface area contributed by atoms with Gasteiger partial charge >= 0.3 is 29.8 Å². The highest BCUT2D eigenvalue weighted by atomic mass is 16.8. The first kappa shape index (κ1) is 121. The molecule has 10 saturated heterocycles. The van der Waals surface area contributed by atoms with Crippen molar-refractivity contribution in [3.8, 4) is 12.3 Å². The highest BCUT2D eigenvalue weighted by Crippen LogP contribution is 2.37. The van der Waals surface area contributed by atoms with Crippen LogP contribution in [0, 0.1) is 12.3 Å². The van der Waals surface area contributed by atoms with Gasteiger partial charge in [0, 0.05) is 24.2 Å². The molecule has 10 heterocycles. The lowest BCUT2D eigenvalue weighted by atomic mass is 9.97. The van der Waals surface area contributed by atoms with E-state index in [0.717, 1.165) is 0 Å². The second-order valence-electron chi connectivity index (χ2n) is 32.4. The Hall–Kier alpha value is -5.70. The molecule has 10 rings (SSSR count). The molecular weight excluding hydrogens is 1890 g/mol. The predicted molar refractivity (Wildman–Crippen MR) is 427 cm³/mol. The maximum absolute atomic E-state index is 11.4. The summed E-state index contributed by atoms with van der Waals surface area (Å²) in [6, 6.07) is 0. The van der Waals surface area contributed by atoms with Crippen LogP contribution in [0.4, 0.5) is 0 Å². The average molecular weight is 2020 g/mol. The molecule has 0 aromatic heterocycles. The van der Waals surface area contributed by atoms with Crippen molar-refractivity contribution in [1.82, 2.24) is 0 Å². The molecule has 0 amide bonds. The normalized spacial score (nSPS) is 44.6. The lowest BCUT2D eigenvalue weighted by molar-refractivity contribution is -0.376. The number of ether oxygens (including phenoxy) is 20. The summed E-state index contributed by atoms with van der Waals surface area (Å²) in [5.41, 5.74) is 8.16. The molecule has 800 valence electrons. The molecule has 61 nitrogen and oxygen atoms in total. The van der Waals surface area contributed by atoms with Crippen LogP contribution < -0.4 is 0 Å². The Morgan fingerprint density at radius 1 is 0.254 bits per heavy atom. The van der Waals surface area contributed by atoms with Gasteiger partial charge in [0.05, 0.1) is 32.0 Å². The number of aliphatic hydroxyl groups excluding tert-OH is 33. The molecular formula is C77H129N3O58. The number of hydrogen-bond acceptors (Lipinski definition) is 59. The fraction of sp³-hybridized carbons (Fsp3) is 0.909. The molecule has 61 heteroatoms. The van der Waals surface area contributed by atoms with Gasteiger partial charge < -0.3 is 263 Å². The molecule has 0 aliphatic carbocycles. The summed E-state index contributed by atoms with van der Waals surface area (Å²) in [6.07, 6.45) is -72.0. The van der Waals surface area contributed by atoms with Crippen LogP contribution in [0.3, 0.4) is 0 Å². The van der Waals surface area contributed by atoms with Crippen LogP contribution in [0.5, 0.6) is 0 Å². The Balaban J connectivity index is 0.000000265. The smallest absolute Gasteiger partial charge is 0.318 e. The van der Waals surface area contributed by atoms with E-state index in [-0.39, 0.29) is 38.7 Å². The number of nitrogens with zero attached hydrogens (tertiary/aromatic N) is 3. The summed E-state index contributed by atoms with van der Waals surface area (Å²) in [5, 5.41) is 329. The van der Waals surface area contributed by atoms with Crippen LogP contribution in [0.2, 0.25) is 0 Å². The number of carbonyl (C=O) groups is 5. The number of esters is 5. The maximum Gasteiger partial charge on any atom is 0.318 e. The van der Waals surface area contributed by atoms with Crippen molar-refractivity contribution >= 4 is 29.8 Å². The van der Waals surface area contributed by atoms with Crippen LogP contribution in [0.15, 0.2) is 5.11 Å². The van der Waals surface area contributed by atoms with Gasteiger partial charge in [0.25, 0.3) is 0 Å². The van der Waals surface area contributed by atoms with E-state index in [9.17, 15) is 182 Å². The zero-order valence-corrected chi connectivity index (χ0v) is 74.4. The van der Waals surface area contributed by atoms with Crippen LogP contribution in [-0.2, 0) is 119 Å². The van der Waals surface area contributed by atoms with Crippen molar-refractivity contribution in [2.24, 2.45) is 5.11 Å². The van der Waals surface area contributed by atoms with Crippen LogP contribution in [0.1, 0.15) is 73.1 Å². The molecule has 0 radical (unpaired) electrons. The molecule has 0 aromatic carbocycles. The van der Waals surface area contributed by atoms with Crippen molar-refractivity contribution in [1.29, 1.82) is 0 Å². The zero-order valence-electron chi connectivity index (χ0n) is 74.4. The number of azide groups is 1. The number of hydrogen-bond donors (Lipinski definition) is 33. The highest BCUT2D eigenvalue weighted by Gasteiger charge is 2.57. The van der Waals surface area contributed by atoms with E-state index in [2.05, 4.69) is 15.9 Å². The first-order valence-electron chi connectivity index (χ1n) is 43.3. The molecule has 10 aliphatic heterocycles. The molecule has 0 saturated carbocycles. The summed E-state index contributed by atoms with van der Waals surface area (Å²) in [4.78, 5) is 58.9. The maximum atomic E-state index is 11.4. The Morgan fingerprint density at radius 2 is 0.413 bits per heavy atom.